The molecule has 1 atom stereocenters. The molecule has 0 saturated carbocycles. The van der Waals surface area contributed by atoms with Gasteiger partial charge in [-0.3, -0.25) is 4.79 Å². The Hall–Kier alpha value is -3.92. The Morgan fingerprint density at radius 3 is 2.68 bits per heavy atom. The van der Waals surface area contributed by atoms with E-state index in [2.05, 4.69) is 11.1 Å². The highest BCUT2D eigenvalue weighted by molar-refractivity contribution is 5.87. The zero-order valence-corrected chi connectivity index (χ0v) is 15.3. The summed E-state index contributed by atoms with van der Waals surface area (Å²) in [5.74, 6) is 0.613. The van der Waals surface area contributed by atoms with Gasteiger partial charge in [0.1, 0.15) is 28.9 Å². The number of nitriles is 1. The van der Waals surface area contributed by atoms with Crippen molar-refractivity contribution in [3.05, 3.63) is 75.4 Å². The van der Waals surface area contributed by atoms with Crippen molar-refractivity contribution < 1.29 is 14.2 Å². The monoisotopic (exact) mass is 375 g/mol. The van der Waals surface area contributed by atoms with Crippen LogP contribution < -0.4 is 25.5 Å². The number of nitrogens with two attached hydrogens (primary N) is 1. The van der Waals surface area contributed by atoms with Gasteiger partial charge in [-0.2, -0.15) is 5.26 Å². The van der Waals surface area contributed by atoms with Gasteiger partial charge in [0, 0.05) is 10.9 Å². The van der Waals surface area contributed by atoms with E-state index in [0.717, 1.165) is 0 Å². The van der Waals surface area contributed by atoms with Crippen LogP contribution in [0.5, 0.6) is 17.2 Å². The van der Waals surface area contributed by atoms with Gasteiger partial charge in [0.05, 0.1) is 31.2 Å². The van der Waals surface area contributed by atoms with Gasteiger partial charge in [-0.25, -0.2) is 0 Å². The van der Waals surface area contributed by atoms with Gasteiger partial charge < -0.3 is 24.9 Å². The summed E-state index contributed by atoms with van der Waals surface area (Å²) in [7, 11) is 3.06. The molecular formula is C21H17N3O4. The number of hydrogen-bond donors (Lipinski definition) is 2. The standard InChI is InChI=1S/C21H17N3O4/c1-26-11-7-8-16(27-2)13(9-11)17-14(10-22)20(23)28-19-12-5-3-4-6-15(12)24-21(25)18(17)19/h3-9,17H,23H2,1-2H3,(H,24,25)/t17-/m0/s1. The minimum atomic E-state index is -0.757. The Balaban J connectivity index is 2.10. The number of benzene rings is 2. The molecule has 2 aromatic carbocycles. The molecule has 0 radical (unpaired) electrons. The van der Waals surface area contributed by atoms with Crippen molar-refractivity contribution in [3.63, 3.8) is 0 Å². The average molecular weight is 375 g/mol. The SMILES string of the molecule is COc1ccc(OC)c([C@H]2C(C#N)=C(N)Oc3c2c(=O)[nH]c2ccccc32)c1. The zero-order chi connectivity index (χ0) is 19.8. The molecule has 1 aromatic heterocycles. The molecule has 1 aliphatic heterocycles. The van der Waals surface area contributed by atoms with Crippen LogP contribution in [-0.4, -0.2) is 19.2 Å². The van der Waals surface area contributed by atoms with E-state index in [1.54, 1.807) is 31.4 Å². The fourth-order valence-electron chi connectivity index (χ4n) is 3.55. The molecule has 0 spiro atoms. The summed E-state index contributed by atoms with van der Waals surface area (Å²) in [5, 5.41) is 10.5. The quantitative estimate of drug-likeness (QED) is 0.728. The number of nitrogens with one attached hydrogen (secondary N) is 1. The van der Waals surface area contributed by atoms with Gasteiger partial charge in [-0.15, -0.1) is 0 Å². The summed E-state index contributed by atoms with van der Waals surface area (Å²) in [6.45, 7) is 0. The van der Waals surface area contributed by atoms with E-state index < -0.39 is 5.92 Å². The summed E-state index contributed by atoms with van der Waals surface area (Å²) >= 11 is 0. The van der Waals surface area contributed by atoms with Crippen LogP contribution in [0.1, 0.15) is 17.0 Å². The molecule has 4 rings (SSSR count). The Kier molecular flexibility index (Phi) is 4.17. The smallest absolute Gasteiger partial charge is 0.256 e. The highest BCUT2D eigenvalue weighted by Gasteiger charge is 2.36. The first-order chi connectivity index (χ1) is 13.6. The summed E-state index contributed by atoms with van der Waals surface area (Å²) in [6, 6.07) is 14.6. The third kappa shape index (κ3) is 2.55. The zero-order valence-electron chi connectivity index (χ0n) is 15.3. The van der Waals surface area contributed by atoms with Gasteiger partial charge in [0.25, 0.3) is 5.56 Å². The first-order valence-electron chi connectivity index (χ1n) is 8.53. The van der Waals surface area contributed by atoms with Crippen LogP contribution in [0.25, 0.3) is 10.9 Å². The molecule has 2 heterocycles. The summed E-state index contributed by atoms with van der Waals surface area (Å²) in [4.78, 5) is 15.9. The van der Waals surface area contributed by atoms with Gasteiger partial charge in [0.15, 0.2) is 0 Å². The molecule has 140 valence electrons. The van der Waals surface area contributed by atoms with E-state index in [4.69, 9.17) is 19.9 Å². The molecule has 0 saturated heterocycles. The van der Waals surface area contributed by atoms with Crippen LogP contribution >= 0.6 is 0 Å². The second-order valence-electron chi connectivity index (χ2n) is 6.28. The molecule has 1 aliphatic rings. The number of aromatic amines is 1. The van der Waals surface area contributed by atoms with Crippen LogP contribution in [0.3, 0.4) is 0 Å². The fraction of sp³-hybridized carbons (Fsp3) is 0.143. The number of pyridine rings is 1. The Morgan fingerprint density at radius 1 is 1.18 bits per heavy atom. The highest BCUT2D eigenvalue weighted by atomic mass is 16.5. The number of methoxy groups -OCH3 is 2. The van der Waals surface area contributed by atoms with Crippen LogP contribution in [0.4, 0.5) is 0 Å². The fourth-order valence-corrected chi connectivity index (χ4v) is 3.55. The molecule has 7 heteroatoms. The number of aromatic nitrogens is 1. The molecule has 0 fully saturated rings. The number of H-pyrrole nitrogens is 1. The third-order valence-electron chi connectivity index (χ3n) is 4.83. The van der Waals surface area contributed by atoms with Crippen molar-refractivity contribution in [3.8, 4) is 23.3 Å². The van der Waals surface area contributed by atoms with Crippen LogP contribution in [0, 0.1) is 11.3 Å². The van der Waals surface area contributed by atoms with E-state index in [1.807, 2.05) is 18.2 Å². The first-order valence-corrected chi connectivity index (χ1v) is 8.53. The van der Waals surface area contributed by atoms with Crippen molar-refractivity contribution in [2.45, 2.75) is 5.92 Å². The molecular weight excluding hydrogens is 358 g/mol. The number of rotatable bonds is 3. The van der Waals surface area contributed by atoms with E-state index in [-0.39, 0.29) is 17.0 Å². The van der Waals surface area contributed by atoms with E-state index in [9.17, 15) is 10.1 Å². The minimum Gasteiger partial charge on any atom is -0.497 e. The van der Waals surface area contributed by atoms with Crippen LogP contribution in [0.2, 0.25) is 0 Å². The average Bonchev–Trinajstić information content (AvgIpc) is 2.72. The lowest BCUT2D eigenvalue weighted by molar-refractivity contribution is 0.385. The number of allylic oxidation sites excluding steroid dienone is 1. The Labute approximate surface area is 160 Å². The molecule has 0 amide bonds. The van der Waals surface area contributed by atoms with E-state index >= 15 is 0 Å². The molecule has 3 aromatic rings. The second kappa shape index (κ2) is 6.67. The summed E-state index contributed by atoms with van der Waals surface area (Å²) < 4.78 is 16.6. The molecule has 0 bridgehead atoms. The number of fused-ring (bicyclic) bond motifs is 3. The molecule has 0 aliphatic carbocycles. The van der Waals surface area contributed by atoms with Gasteiger partial charge >= 0.3 is 0 Å². The van der Waals surface area contributed by atoms with Gasteiger partial charge in [0.2, 0.25) is 5.88 Å². The lowest BCUT2D eigenvalue weighted by atomic mass is 9.83. The molecule has 0 unspecified atom stereocenters. The van der Waals surface area contributed by atoms with Crippen molar-refractivity contribution >= 4 is 10.9 Å². The van der Waals surface area contributed by atoms with Crippen molar-refractivity contribution in [1.82, 2.24) is 4.98 Å². The van der Waals surface area contributed by atoms with Crippen LogP contribution in [-0.2, 0) is 0 Å². The summed E-state index contributed by atoms with van der Waals surface area (Å²) in [5.41, 5.74) is 7.38. The number of nitrogens with zero attached hydrogens (tertiary/aromatic N) is 1. The number of ether oxygens (including phenoxy) is 3. The van der Waals surface area contributed by atoms with E-state index in [1.165, 1.54) is 7.11 Å². The minimum absolute atomic E-state index is 0.0411. The Bertz CT molecular complexity index is 1220. The van der Waals surface area contributed by atoms with Crippen LogP contribution in [0.15, 0.2) is 58.7 Å². The Morgan fingerprint density at radius 2 is 1.96 bits per heavy atom. The van der Waals surface area contributed by atoms with Crippen molar-refractivity contribution in [2.24, 2.45) is 5.73 Å². The lowest BCUT2D eigenvalue weighted by Crippen LogP contribution is -2.28. The highest BCUT2D eigenvalue weighted by Crippen LogP contribution is 2.46. The lowest BCUT2D eigenvalue weighted by Gasteiger charge is -2.27. The number of hydrogen-bond acceptors (Lipinski definition) is 6. The first kappa shape index (κ1) is 17.5. The summed E-state index contributed by atoms with van der Waals surface area (Å²) in [6.07, 6.45) is 0. The van der Waals surface area contributed by atoms with Crippen molar-refractivity contribution in [1.29, 1.82) is 5.26 Å². The predicted molar refractivity (Wildman–Crippen MR) is 103 cm³/mol. The maximum Gasteiger partial charge on any atom is 0.256 e. The van der Waals surface area contributed by atoms with Gasteiger partial charge in [-0.05, 0) is 30.3 Å². The molecule has 28 heavy (non-hydrogen) atoms. The topological polar surface area (TPSA) is 110 Å². The normalized spacial score (nSPS) is 15.5. The predicted octanol–water partition coefficient (Wildman–Crippen LogP) is 2.76. The third-order valence-corrected chi connectivity index (χ3v) is 4.83. The maximum atomic E-state index is 13.0. The number of para-hydroxylation sites is 1. The maximum absolute atomic E-state index is 13.0. The molecule has 3 N–H and O–H groups in total. The largest absolute Gasteiger partial charge is 0.497 e. The van der Waals surface area contributed by atoms with E-state index in [0.29, 0.717) is 39.3 Å². The molecule has 7 nitrogen and oxygen atoms in total. The van der Waals surface area contributed by atoms with Crippen molar-refractivity contribution in [2.75, 3.05) is 14.2 Å². The van der Waals surface area contributed by atoms with Gasteiger partial charge in [-0.1, -0.05) is 12.1 Å². The second-order valence-corrected chi connectivity index (χ2v) is 6.28.